The van der Waals surface area contributed by atoms with Crippen molar-refractivity contribution in [3.05, 3.63) is 54.1 Å². The van der Waals surface area contributed by atoms with E-state index in [2.05, 4.69) is 5.32 Å². The van der Waals surface area contributed by atoms with E-state index in [-0.39, 0.29) is 6.54 Å². The molecule has 0 aliphatic rings. The third-order valence-corrected chi connectivity index (χ3v) is 4.78. The topological polar surface area (TPSA) is 69.7 Å². The molecule has 2 aromatic carbocycles. The van der Waals surface area contributed by atoms with Gasteiger partial charge in [-0.1, -0.05) is 12.1 Å². The van der Waals surface area contributed by atoms with Crippen molar-refractivity contribution in [3.63, 3.8) is 0 Å². The van der Waals surface area contributed by atoms with Gasteiger partial charge in [-0.3, -0.25) is 9.10 Å². The summed E-state index contributed by atoms with van der Waals surface area (Å²) in [5.41, 5.74) is 3.05. The number of sulfonamides is 1. The summed E-state index contributed by atoms with van der Waals surface area (Å²) >= 11 is 0. The van der Waals surface area contributed by atoms with Gasteiger partial charge in [-0.2, -0.15) is 0 Å². The molecule has 2 rings (SSSR count). The zero-order valence-corrected chi connectivity index (χ0v) is 15.7. The number of amides is 1. The van der Waals surface area contributed by atoms with E-state index in [0.29, 0.717) is 11.4 Å². The molecule has 0 atom stereocenters. The van der Waals surface area contributed by atoms with Gasteiger partial charge in [-0.15, -0.1) is 0 Å². The summed E-state index contributed by atoms with van der Waals surface area (Å²) in [4.78, 5) is 14.2. The van der Waals surface area contributed by atoms with Crippen molar-refractivity contribution in [3.8, 4) is 0 Å². The summed E-state index contributed by atoms with van der Waals surface area (Å²) in [6, 6.07) is 14.4. The fourth-order valence-electron chi connectivity index (χ4n) is 2.37. The van der Waals surface area contributed by atoms with Crippen molar-refractivity contribution in [1.29, 1.82) is 0 Å². The van der Waals surface area contributed by atoms with Crippen LogP contribution in [-0.4, -0.2) is 41.2 Å². The molecule has 0 saturated carbocycles. The first-order chi connectivity index (χ1) is 11.7. The van der Waals surface area contributed by atoms with E-state index >= 15 is 0 Å². The number of aryl methyl sites for hydroxylation is 1. The first-order valence-corrected chi connectivity index (χ1v) is 9.63. The SMILES string of the molecule is Cc1cccc(NC(=O)CN(c2ccc(N(C)C)cc2)S(C)(=O)=O)c1. The van der Waals surface area contributed by atoms with Crippen molar-refractivity contribution in [1.82, 2.24) is 0 Å². The highest BCUT2D eigenvalue weighted by atomic mass is 32.2. The second kappa shape index (κ2) is 7.57. The number of hydrogen-bond acceptors (Lipinski definition) is 4. The Balaban J connectivity index is 2.19. The molecular formula is C18H23N3O3S. The Morgan fingerprint density at radius 3 is 2.16 bits per heavy atom. The van der Waals surface area contributed by atoms with Gasteiger partial charge in [0.1, 0.15) is 6.54 Å². The van der Waals surface area contributed by atoms with Crippen LogP contribution in [0.2, 0.25) is 0 Å². The maximum absolute atomic E-state index is 12.3. The van der Waals surface area contributed by atoms with E-state index in [9.17, 15) is 13.2 Å². The smallest absolute Gasteiger partial charge is 0.245 e. The van der Waals surface area contributed by atoms with E-state index in [1.807, 2.05) is 56.3 Å². The molecule has 0 aliphatic carbocycles. The molecule has 1 N–H and O–H groups in total. The molecule has 1 amide bonds. The summed E-state index contributed by atoms with van der Waals surface area (Å²) in [5, 5.41) is 2.73. The van der Waals surface area contributed by atoms with Crippen molar-refractivity contribution in [2.24, 2.45) is 0 Å². The molecule has 25 heavy (non-hydrogen) atoms. The average molecular weight is 361 g/mol. The number of anilines is 3. The number of nitrogens with zero attached hydrogens (tertiary/aromatic N) is 2. The van der Waals surface area contributed by atoms with Crippen LogP contribution in [0.15, 0.2) is 48.5 Å². The minimum Gasteiger partial charge on any atom is -0.378 e. The minimum absolute atomic E-state index is 0.284. The largest absolute Gasteiger partial charge is 0.378 e. The lowest BCUT2D eigenvalue weighted by Gasteiger charge is -2.23. The Bertz CT molecular complexity index is 846. The molecule has 2 aromatic rings. The van der Waals surface area contributed by atoms with Crippen molar-refractivity contribution in [2.45, 2.75) is 6.92 Å². The second-order valence-corrected chi connectivity index (χ2v) is 8.00. The van der Waals surface area contributed by atoms with Crippen LogP contribution in [0.3, 0.4) is 0 Å². The van der Waals surface area contributed by atoms with Gasteiger partial charge in [0.05, 0.1) is 11.9 Å². The molecule has 0 spiro atoms. The average Bonchev–Trinajstić information content (AvgIpc) is 2.51. The Morgan fingerprint density at radius 1 is 1.04 bits per heavy atom. The molecule has 0 aliphatic heterocycles. The Hall–Kier alpha value is -2.54. The van der Waals surface area contributed by atoms with E-state index in [0.717, 1.165) is 21.8 Å². The summed E-state index contributed by atoms with van der Waals surface area (Å²) < 4.78 is 25.4. The molecule has 134 valence electrons. The third kappa shape index (κ3) is 5.22. The van der Waals surface area contributed by atoms with Crippen LogP contribution in [0, 0.1) is 6.92 Å². The second-order valence-electron chi connectivity index (χ2n) is 6.10. The summed E-state index contributed by atoms with van der Waals surface area (Å²) in [6.45, 7) is 1.64. The Morgan fingerprint density at radius 2 is 1.64 bits per heavy atom. The van der Waals surface area contributed by atoms with Gasteiger partial charge in [0.15, 0.2) is 0 Å². The van der Waals surface area contributed by atoms with Crippen molar-refractivity contribution in [2.75, 3.05) is 41.4 Å². The number of nitrogens with one attached hydrogen (secondary N) is 1. The first kappa shape index (κ1) is 18.8. The molecule has 0 unspecified atom stereocenters. The van der Waals surface area contributed by atoms with E-state index in [1.54, 1.807) is 18.2 Å². The lowest BCUT2D eigenvalue weighted by Crippen LogP contribution is -2.37. The highest BCUT2D eigenvalue weighted by Gasteiger charge is 2.21. The van der Waals surface area contributed by atoms with Gasteiger partial charge in [0, 0.05) is 25.5 Å². The maximum Gasteiger partial charge on any atom is 0.245 e. The lowest BCUT2D eigenvalue weighted by molar-refractivity contribution is -0.114. The quantitative estimate of drug-likeness (QED) is 0.858. The molecule has 7 heteroatoms. The highest BCUT2D eigenvalue weighted by Crippen LogP contribution is 2.21. The molecule has 6 nitrogen and oxygen atoms in total. The molecule has 0 fully saturated rings. The highest BCUT2D eigenvalue weighted by molar-refractivity contribution is 7.92. The number of hydrogen-bond donors (Lipinski definition) is 1. The van der Waals surface area contributed by atoms with Gasteiger partial charge >= 0.3 is 0 Å². The van der Waals surface area contributed by atoms with Crippen LogP contribution >= 0.6 is 0 Å². The van der Waals surface area contributed by atoms with Gasteiger partial charge in [0.25, 0.3) is 0 Å². The van der Waals surface area contributed by atoms with Crippen LogP contribution in [0.25, 0.3) is 0 Å². The fraction of sp³-hybridized carbons (Fsp3) is 0.278. The Kier molecular flexibility index (Phi) is 5.69. The zero-order chi connectivity index (χ0) is 18.6. The van der Waals surface area contributed by atoms with E-state index < -0.39 is 15.9 Å². The molecular weight excluding hydrogens is 338 g/mol. The van der Waals surface area contributed by atoms with Crippen LogP contribution in [0.4, 0.5) is 17.1 Å². The third-order valence-electron chi connectivity index (χ3n) is 3.64. The van der Waals surface area contributed by atoms with Gasteiger partial charge in [-0.05, 0) is 48.9 Å². The molecule has 0 radical (unpaired) electrons. The van der Waals surface area contributed by atoms with E-state index in [1.165, 1.54) is 0 Å². The van der Waals surface area contributed by atoms with Crippen molar-refractivity contribution >= 4 is 33.0 Å². The van der Waals surface area contributed by atoms with Crippen LogP contribution in [0.5, 0.6) is 0 Å². The normalized spacial score (nSPS) is 11.0. The molecule has 0 aromatic heterocycles. The van der Waals surface area contributed by atoms with Gasteiger partial charge in [-0.25, -0.2) is 8.42 Å². The predicted molar refractivity (Wildman–Crippen MR) is 103 cm³/mol. The molecule has 0 saturated heterocycles. The van der Waals surface area contributed by atoms with Crippen LogP contribution < -0.4 is 14.5 Å². The first-order valence-electron chi connectivity index (χ1n) is 7.78. The monoisotopic (exact) mass is 361 g/mol. The summed E-state index contributed by atoms with van der Waals surface area (Å²) in [5.74, 6) is -0.396. The number of carbonyl (C=O) groups excluding carboxylic acids is 1. The fourth-order valence-corrected chi connectivity index (χ4v) is 3.23. The zero-order valence-electron chi connectivity index (χ0n) is 14.9. The lowest BCUT2D eigenvalue weighted by atomic mass is 10.2. The van der Waals surface area contributed by atoms with Crippen molar-refractivity contribution < 1.29 is 13.2 Å². The standard InChI is InChI=1S/C18H23N3O3S/c1-14-6-5-7-15(12-14)19-18(22)13-21(25(4,23)24)17-10-8-16(9-11-17)20(2)3/h5-12H,13H2,1-4H3,(H,19,22). The predicted octanol–water partition coefficient (Wildman–Crippen LogP) is 2.47. The Labute approximate surface area is 149 Å². The van der Waals surface area contributed by atoms with Crippen LogP contribution in [0.1, 0.15) is 5.56 Å². The summed E-state index contributed by atoms with van der Waals surface area (Å²) in [6.07, 6.45) is 1.09. The number of rotatable bonds is 6. The van der Waals surface area contributed by atoms with Crippen LogP contribution in [-0.2, 0) is 14.8 Å². The van der Waals surface area contributed by atoms with Gasteiger partial charge < -0.3 is 10.2 Å². The van der Waals surface area contributed by atoms with E-state index in [4.69, 9.17) is 0 Å². The minimum atomic E-state index is -3.59. The summed E-state index contributed by atoms with van der Waals surface area (Å²) in [7, 11) is 0.215. The number of carbonyl (C=O) groups is 1. The molecule has 0 bridgehead atoms. The number of benzene rings is 2. The maximum atomic E-state index is 12.3. The van der Waals surface area contributed by atoms with Gasteiger partial charge in [0.2, 0.25) is 15.9 Å². The molecule has 0 heterocycles.